The summed E-state index contributed by atoms with van der Waals surface area (Å²) < 4.78 is 11.2. The normalized spacial score (nSPS) is 14.8. The van der Waals surface area contributed by atoms with Crippen LogP contribution in [-0.2, 0) is 11.4 Å². The topological polar surface area (TPSA) is 38.8 Å². The summed E-state index contributed by atoms with van der Waals surface area (Å²) in [4.78, 5) is 14.6. The molecule has 3 rings (SSSR count). The van der Waals surface area contributed by atoms with Crippen molar-refractivity contribution in [3.05, 3.63) is 51.7 Å². The van der Waals surface area contributed by atoms with Gasteiger partial charge in [0.15, 0.2) is 0 Å². The molecule has 0 spiro atoms. The Morgan fingerprint density at radius 2 is 2.17 bits per heavy atom. The summed E-state index contributed by atoms with van der Waals surface area (Å²) >= 11 is 1.71. The van der Waals surface area contributed by atoms with E-state index < -0.39 is 0 Å². The molecular weight excluding hydrogens is 322 g/mol. The molecule has 0 unspecified atom stereocenters. The van der Waals surface area contributed by atoms with Gasteiger partial charge in [0.25, 0.3) is 0 Å². The minimum Gasteiger partial charge on any atom is -0.487 e. The van der Waals surface area contributed by atoms with Crippen molar-refractivity contribution >= 4 is 22.9 Å². The molecule has 1 aromatic carbocycles. The van der Waals surface area contributed by atoms with E-state index in [1.165, 1.54) is 17.4 Å². The third-order valence-electron chi connectivity index (χ3n) is 3.82. The van der Waals surface area contributed by atoms with Gasteiger partial charge in [-0.25, -0.2) is 0 Å². The van der Waals surface area contributed by atoms with Crippen LogP contribution in [0.4, 0.5) is 0 Å². The summed E-state index contributed by atoms with van der Waals surface area (Å²) in [6.07, 6.45) is 3.19. The second-order valence-electron chi connectivity index (χ2n) is 6.01. The summed E-state index contributed by atoms with van der Waals surface area (Å²) in [5.74, 6) is 1.05. The third kappa shape index (κ3) is 3.68. The van der Waals surface area contributed by atoms with Crippen LogP contribution < -0.4 is 9.47 Å². The second kappa shape index (κ2) is 7.20. The molecule has 1 aliphatic heterocycles. The Morgan fingerprint density at radius 1 is 1.33 bits per heavy atom. The van der Waals surface area contributed by atoms with Crippen molar-refractivity contribution in [2.75, 3.05) is 20.6 Å². The van der Waals surface area contributed by atoms with E-state index in [0.29, 0.717) is 12.4 Å². The second-order valence-corrected chi connectivity index (χ2v) is 7.01. The summed E-state index contributed by atoms with van der Waals surface area (Å²) in [7, 11) is 4.13. The average molecular weight is 343 g/mol. The van der Waals surface area contributed by atoms with Gasteiger partial charge in [-0.3, -0.25) is 4.79 Å². The van der Waals surface area contributed by atoms with Crippen LogP contribution in [0.15, 0.2) is 35.7 Å². The number of nitrogens with zero attached hydrogens (tertiary/aromatic N) is 1. The van der Waals surface area contributed by atoms with Crippen LogP contribution in [0, 0.1) is 0 Å². The fraction of sp³-hybridized carbons (Fsp3) is 0.316. The summed E-state index contributed by atoms with van der Waals surface area (Å²) in [6, 6.07) is 7.68. The lowest BCUT2D eigenvalue weighted by Gasteiger charge is -2.12. The van der Waals surface area contributed by atoms with Gasteiger partial charge in [0, 0.05) is 23.9 Å². The molecule has 2 heterocycles. The zero-order valence-corrected chi connectivity index (χ0v) is 15.0. The van der Waals surface area contributed by atoms with Gasteiger partial charge in [-0.2, -0.15) is 0 Å². The molecule has 0 amide bonds. The fourth-order valence-corrected chi connectivity index (χ4v) is 3.54. The molecule has 0 N–H and O–H groups in total. The van der Waals surface area contributed by atoms with E-state index in [0.717, 1.165) is 29.9 Å². The van der Waals surface area contributed by atoms with Crippen LogP contribution in [0.2, 0.25) is 0 Å². The first kappa shape index (κ1) is 16.7. The number of thiophene rings is 1. The van der Waals surface area contributed by atoms with Gasteiger partial charge in [0.05, 0.1) is 0 Å². The molecule has 0 radical (unpaired) electrons. The molecule has 1 aromatic heterocycles. The highest BCUT2D eigenvalue weighted by Crippen LogP contribution is 2.40. The number of hydrogen-bond acceptors (Lipinski definition) is 5. The number of esters is 1. The summed E-state index contributed by atoms with van der Waals surface area (Å²) in [5.41, 5.74) is 3.33. The van der Waals surface area contributed by atoms with Gasteiger partial charge >= 0.3 is 5.97 Å². The predicted molar refractivity (Wildman–Crippen MR) is 96.7 cm³/mol. The van der Waals surface area contributed by atoms with E-state index in [-0.39, 0.29) is 5.97 Å². The van der Waals surface area contributed by atoms with Crippen molar-refractivity contribution in [1.82, 2.24) is 4.90 Å². The van der Waals surface area contributed by atoms with E-state index in [1.807, 2.05) is 12.1 Å². The highest BCUT2D eigenvalue weighted by molar-refractivity contribution is 7.10. The zero-order valence-electron chi connectivity index (χ0n) is 14.2. The number of rotatable bonds is 4. The Balaban J connectivity index is 2.04. The van der Waals surface area contributed by atoms with Crippen molar-refractivity contribution in [3.8, 4) is 11.5 Å². The smallest absolute Gasteiger partial charge is 0.308 e. The molecule has 1 aliphatic rings. The Labute approximate surface area is 146 Å². The van der Waals surface area contributed by atoms with Crippen LogP contribution >= 0.6 is 11.3 Å². The van der Waals surface area contributed by atoms with Crippen LogP contribution in [0.5, 0.6) is 11.5 Å². The molecule has 0 fully saturated rings. The Hall–Kier alpha value is -2.11. The van der Waals surface area contributed by atoms with E-state index in [4.69, 9.17) is 9.47 Å². The van der Waals surface area contributed by atoms with Crippen LogP contribution in [0.3, 0.4) is 0 Å². The number of carbonyl (C=O) groups is 1. The van der Waals surface area contributed by atoms with Crippen LogP contribution in [-0.4, -0.2) is 31.5 Å². The standard InChI is InChI=1S/C19H21NO3S/c1-13(21)23-14-6-7-18-17(11-14)15(5-4-9-20(2)3)16-8-10-24-19(16)12-22-18/h5-8,10-11H,4,9,12H2,1-3H3/b15-5+. The molecule has 0 saturated heterocycles. The molecule has 126 valence electrons. The summed E-state index contributed by atoms with van der Waals surface area (Å²) in [6.45, 7) is 2.95. The largest absolute Gasteiger partial charge is 0.487 e. The highest BCUT2D eigenvalue weighted by atomic mass is 32.1. The van der Waals surface area contributed by atoms with Crippen molar-refractivity contribution < 1.29 is 14.3 Å². The summed E-state index contributed by atoms with van der Waals surface area (Å²) in [5, 5.41) is 2.09. The van der Waals surface area contributed by atoms with Gasteiger partial charge in [-0.1, -0.05) is 6.08 Å². The van der Waals surface area contributed by atoms with Crippen LogP contribution in [0.25, 0.3) is 5.57 Å². The van der Waals surface area contributed by atoms with Gasteiger partial charge in [-0.05, 0) is 61.3 Å². The van der Waals surface area contributed by atoms with Crippen molar-refractivity contribution in [2.45, 2.75) is 20.0 Å². The van der Waals surface area contributed by atoms with E-state index in [9.17, 15) is 4.79 Å². The number of benzene rings is 1. The third-order valence-corrected chi connectivity index (χ3v) is 4.72. The lowest BCUT2D eigenvalue weighted by Crippen LogP contribution is -2.12. The molecule has 5 heteroatoms. The molecule has 24 heavy (non-hydrogen) atoms. The van der Waals surface area contributed by atoms with Gasteiger partial charge in [0.1, 0.15) is 18.1 Å². The quantitative estimate of drug-likeness (QED) is 0.622. The first-order valence-corrected chi connectivity index (χ1v) is 8.80. The predicted octanol–water partition coefficient (Wildman–Crippen LogP) is 3.95. The maximum absolute atomic E-state index is 11.3. The van der Waals surface area contributed by atoms with Gasteiger partial charge < -0.3 is 14.4 Å². The van der Waals surface area contributed by atoms with Gasteiger partial charge in [0.2, 0.25) is 0 Å². The Bertz CT molecular complexity index is 777. The monoisotopic (exact) mass is 343 g/mol. The number of carbonyl (C=O) groups excluding carboxylic acids is 1. The Kier molecular flexibility index (Phi) is 5.02. The first-order chi connectivity index (χ1) is 11.5. The SMILES string of the molecule is CC(=O)Oc1ccc2c(c1)/C(=C/CCN(C)C)c1ccsc1CO2. The molecule has 4 nitrogen and oxygen atoms in total. The molecule has 0 atom stereocenters. The minimum atomic E-state index is -0.321. The number of ether oxygens (including phenoxy) is 2. The van der Waals surface area contributed by atoms with E-state index in [1.54, 1.807) is 17.4 Å². The molecule has 2 aromatic rings. The van der Waals surface area contributed by atoms with E-state index in [2.05, 4.69) is 36.5 Å². The molecule has 0 saturated carbocycles. The van der Waals surface area contributed by atoms with Gasteiger partial charge in [-0.15, -0.1) is 11.3 Å². The molecular formula is C19H21NO3S. The lowest BCUT2D eigenvalue weighted by molar-refractivity contribution is -0.131. The molecule has 0 aliphatic carbocycles. The minimum absolute atomic E-state index is 0.321. The lowest BCUT2D eigenvalue weighted by atomic mass is 9.97. The zero-order chi connectivity index (χ0) is 17.1. The maximum Gasteiger partial charge on any atom is 0.308 e. The average Bonchev–Trinajstić information content (AvgIpc) is 2.92. The van der Waals surface area contributed by atoms with E-state index >= 15 is 0 Å². The number of hydrogen-bond donors (Lipinski definition) is 0. The maximum atomic E-state index is 11.3. The number of fused-ring (bicyclic) bond motifs is 2. The van der Waals surface area contributed by atoms with Crippen molar-refractivity contribution in [2.24, 2.45) is 0 Å². The van der Waals surface area contributed by atoms with Crippen molar-refractivity contribution in [3.63, 3.8) is 0 Å². The fourth-order valence-electron chi connectivity index (χ4n) is 2.74. The highest BCUT2D eigenvalue weighted by Gasteiger charge is 2.21. The first-order valence-electron chi connectivity index (χ1n) is 7.92. The Morgan fingerprint density at radius 3 is 2.92 bits per heavy atom. The molecule has 0 bridgehead atoms. The van der Waals surface area contributed by atoms with Crippen LogP contribution in [0.1, 0.15) is 29.3 Å². The van der Waals surface area contributed by atoms with Crippen molar-refractivity contribution in [1.29, 1.82) is 0 Å².